The quantitative estimate of drug-likeness (QED) is 0.855. The molecule has 4 nitrogen and oxygen atoms in total. The lowest BCUT2D eigenvalue weighted by Crippen LogP contribution is -2.32. The molecule has 122 valence electrons. The molecule has 1 atom stereocenters. The molecule has 0 saturated carbocycles. The molecular formula is C17H17ClFNO3. The third-order valence-corrected chi connectivity index (χ3v) is 3.48. The average molecular weight is 338 g/mol. The molecule has 2 aromatic carbocycles. The Morgan fingerprint density at radius 3 is 2.61 bits per heavy atom. The summed E-state index contributed by atoms with van der Waals surface area (Å²) in [5.41, 5.74) is 0.511. The Bertz CT molecular complexity index is 693. The largest absolute Gasteiger partial charge is 0.495 e. The third kappa shape index (κ3) is 4.36. The van der Waals surface area contributed by atoms with Crippen LogP contribution in [0.4, 0.5) is 10.1 Å². The lowest BCUT2D eigenvalue weighted by Gasteiger charge is -2.18. The van der Waals surface area contributed by atoms with Gasteiger partial charge in [-0.05, 0) is 36.8 Å². The number of nitrogens with one attached hydrogen (secondary N) is 1. The van der Waals surface area contributed by atoms with Crippen LogP contribution in [0, 0.1) is 5.82 Å². The van der Waals surface area contributed by atoms with Gasteiger partial charge < -0.3 is 14.8 Å². The molecule has 0 saturated heterocycles. The van der Waals surface area contributed by atoms with Crippen molar-refractivity contribution >= 4 is 23.2 Å². The number of methoxy groups -OCH3 is 1. The van der Waals surface area contributed by atoms with Gasteiger partial charge in [-0.3, -0.25) is 4.79 Å². The number of carbonyl (C=O) groups is 1. The topological polar surface area (TPSA) is 47.6 Å². The normalized spacial score (nSPS) is 11.7. The third-order valence-electron chi connectivity index (χ3n) is 3.19. The number of para-hydroxylation sites is 1. The SMILES string of the molecule is CCC(Oc1ccccc1F)C(=O)Nc1ccc(OC)c(Cl)c1. The second-order valence-electron chi connectivity index (χ2n) is 4.78. The fraction of sp³-hybridized carbons (Fsp3) is 0.235. The van der Waals surface area contributed by atoms with E-state index in [1.807, 2.05) is 0 Å². The number of hydrogen-bond acceptors (Lipinski definition) is 3. The molecule has 0 aromatic heterocycles. The molecule has 2 aromatic rings. The number of anilines is 1. The van der Waals surface area contributed by atoms with E-state index in [-0.39, 0.29) is 11.7 Å². The first-order valence-corrected chi connectivity index (χ1v) is 7.48. The molecule has 1 N–H and O–H groups in total. The van der Waals surface area contributed by atoms with Crippen molar-refractivity contribution in [2.24, 2.45) is 0 Å². The maximum absolute atomic E-state index is 13.6. The van der Waals surface area contributed by atoms with Gasteiger partial charge in [0.1, 0.15) is 5.75 Å². The summed E-state index contributed by atoms with van der Waals surface area (Å²) in [6.45, 7) is 1.78. The van der Waals surface area contributed by atoms with Gasteiger partial charge in [0.25, 0.3) is 5.91 Å². The number of benzene rings is 2. The average Bonchev–Trinajstić information content (AvgIpc) is 2.54. The highest BCUT2D eigenvalue weighted by molar-refractivity contribution is 6.32. The van der Waals surface area contributed by atoms with Crippen LogP contribution in [0.5, 0.6) is 11.5 Å². The molecular weight excluding hydrogens is 321 g/mol. The monoisotopic (exact) mass is 337 g/mol. The molecule has 0 bridgehead atoms. The molecule has 2 rings (SSSR count). The summed E-state index contributed by atoms with van der Waals surface area (Å²) in [7, 11) is 1.51. The summed E-state index contributed by atoms with van der Waals surface area (Å²) in [6.07, 6.45) is -0.419. The first-order valence-electron chi connectivity index (χ1n) is 7.10. The predicted octanol–water partition coefficient (Wildman–Crippen LogP) is 4.28. The number of hydrogen-bond donors (Lipinski definition) is 1. The first-order chi connectivity index (χ1) is 11.0. The van der Waals surface area contributed by atoms with Crippen molar-refractivity contribution in [3.8, 4) is 11.5 Å². The number of carbonyl (C=O) groups excluding carboxylic acids is 1. The van der Waals surface area contributed by atoms with Crippen LogP contribution in [0.2, 0.25) is 5.02 Å². The van der Waals surface area contributed by atoms with Gasteiger partial charge in [-0.2, -0.15) is 0 Å². The van der Waals surface area contributed by atoms with Gasteiger partial charge in [-0.1, -0.05) is 30.7 Å². The van der Waals surface area contributed by atoms with Gasteiger partial charge in [0.2, 0.25) is 0 Å². The Kier molecular flexibility index (Phi) is 5.82. The first kappa shape index (κ1) is 17.1. The van der Waals surface area contributed by atoms with Crippen molar-refractivity contribution in [2.45, 2.75) is 19.4 Å². The van der Waals surface area contributed by atoms with Crippen molar-refractivity contribution in [3.05, 3.63) is 53.3 Å². The van der Waals surface area contributed by atoms with E-state index >= 15 is 0 Å². The van der Waals surface area contributed by atoms with Gasteiger partial charge in [0.15, 0.2) is 17.7 Å². The van der Waals surface area contributed by atoms with Crippen LogP contribution in [0.15, 0.2) is 42.5 Å². The molecule has 1 amide bonds. The molecule has 0 heterocycles. The number of ether oxygens (including phenoxy) is 2. The Morgan fingerprint density at radius 1 is 1.26 bits per heavy atom. The maximum Gasteiger partial charge on any atom is 0.265 e. The van der Waals surface area contributed by atoms with Crippen molar-refractivity contribution < 1.29 is 18.7 Å². The van der Waals surface area contributed by atoms with Crippen LogP contribution in [0.3, 0.4) is 0 Å². The van der Waals surface area contributed by atoms with Gasteiger partial charge in [0, 0.05) is 5.69 Å². The van der Waals surface area contributed by atoms with E-state index in [0.717, 1.165) is 0 Å². The van der Waals surface area contributed by atoms with Crippen molar-refractivity contribution in [3.63, 3.8) is 0 Å². The Labute approximate surface area is 139 Å². The molecule has 0 fully saturated rings. The van der Waals surface area contributed by atoms with E-state index in [0.29, 0.717) is 22.9 Å². The highest BCUT2D eigenvalue weighted by Crippen LogP contribution is 2.27. The van der Waals surface area contributed by atoms with Gasteiger partial charge in [-0.15, -0.1) is 0 Å². The van der Waals surface area contributed by atoms with Crippen LogP contribution < -0.4 is 14.8 Å². The lowest BCUT2D eigenvalue weighted by atomic mass is 10.2. The summed E-state index contributed by atoms with van der Waals surface area (Å²) in [4.78, 5) is 12.3. The highest BCUT2D eigenvalue weighted by atomic mass is 35.5. The minimum Gasteiger partial charge on any atom is -0.495 e. The van der Waals surface area contributed by atoms with E-state index in [1.54, 1.807) is 37.3 Å². The molecule has 0 aliphatic carbocycles. The van der Waals surface area contributed by atoms with Crippen LogP contribution in [-0.4, -0.2) is 19.1 Å². The van der Waals surface area contributed by atoms with E-state index in [9.17, 15) is 9.18 Å². The summed E-state index contributed by atoms with van der Waals surface area (Å²) in [5.74, 6) is -0.329. The van der Waals surface area contributed by atoms with Crippen molar-refractivity contribution in [1.82, 2.24) is 0 Å². The van der Waals surface area contributed by atoms with E-state index in [1.165, 1.54) is 19.2 Å². The van der Waals surface area contributed by atoms with Crippen LogP contribution >= 0.6 is 11.6 Å². The molecule has 23 heavy (non-hydrogen) atoms. The maximum atomic E-state index is 13.6. The fourth-order valence-corrected chi connectivity index (χ4v) is 2.24. The Hall–Kier alpha value is -2.27. The summed E-state index contributed by atoms with van der Waals surface area (Å²) < 4.78 is 24.1. The summed E-state index contributed by atoms with van der Waals surface area (Å²) in [6, 6.07) is 10.9. The zero-order valence-electron chi connectivity index (χ0n) is 12.8. The molecule has 1 unspecified atom stereocenters. The van der Waals surface area contributed by atoms with Gasteiger partial charge in [0.05, 0.1) is 12.1 Å². The fourth-order valence-electron chi connectivity index (χ4n) is 1.98. The van der Waals surface area contributed by atoms with Crippen LogP contribution in [-0.2, 0) is 4.79 Å². The minimum absolute atomic E-state index is 0.0438. The summed E-state index contributed by atoms with van der Waals surface area (Å²) >= 11 is 6.02. The summed E-state index contributed by atoms with van der Waals surface area (Å²) in [5, 5.41) is 3.08. The second-order valence-corrected chi connectivity index (χ2v) is 5.19. The van der Waals surface area contributed by atoms with Gasteiger partial charge in [-0.25, -0.2) is 4.39 Å². The number of amides is 1. The molecule has 0 aliphatic rings. The molecule has 6 heteroatoms. The number of rotatable bonds is 6. The zero-order valence-corrected chi connectivity index (χ0v) is 13.6. The molecule has 0 aliphatic heterocycles. The number of halogens is 2. The highest BCUT2D eigenvalue weighted by Gasteiger charge is 2.20. The van der Waals surface area contributed by atoms with Crippen molar-refractivity contribution in [1.29, 1.82) is 0 Å². The molecule has 0 spiro atoms. The van der Waals surface area contributed by atoms with Gasteiger partial charge >= 0.3 is 0 Å². The van der Waals surface area contributed by atoms with Crippen LogP contribution in [0.1, 0.15) is 13.3 Å². The zero-order chi connectivity index (χ0) is 16.8. The van der Waals surface area contributed by atoms with Crippen LogP contribution in [0.25, 0.3) is 0 Å². The Morgan fingerprint density at radius 2 is 2.00 bits per heavy atom. The second kappa shape index (κ2) is 7.83. The lowest BCUT2D eigenvalue weighted by molar-refractivity contribution is -0.122. The standard InChI is InChI=1S/C17H17ClFNO3/c1-3-14(23-16-7-5-4-6-13(16)19)17(21)20-11-8-9-15(22-2)12(18)10-11/h4-10,14H,3H2,1-2H3,(H,20,21). The van der Waals surface area contributed by atoms with E-state index in [4.69, 9.17) is 21.1 Å². The Balaban J connectivity index is 2.08. The molecule has 0 radical (unpaired) electrons. The smallest absolute Gasteiger partial charge is 0.265 e. The van der Waals surface area contributed by atoms with E-state index in [2.05, 4.69) is 5.32 Å². The van der Waals surface area contributed by atoms with E-state index < -0.39 is 11.9 Å². The predicted molar refractivity (Wildman–Crippen MR) is 87.7 cm³/mol. The minimum atomic E-state index is -0.812. The van der Waals surface area contributed by atoms with Crippen molar-refractivity contribution in [2.75, 3.05) is 12.4 Å².